The molecule has 1 aliphatic heterocycles. The molecule has 5 aromatic rings. The fourth-order valence-corrected chi connectivity index (χ4v) is 7.87. The van der Waals surface area contributed by atoms with E-state index in [1.54, 1.807) is 14.2 Å². The fraction of sp³-hybridized carbons (Fsp3) is 0.311. The number of rotatable bonds is 16. The summed E-state index contributed by atoms with van der Waals surface area (Å²) < 4.78 is 29.6. The van der Waals surface area contributed by atoms with Crippen LogP contribution < -0.4 is 14.8 Å². The second kappa shape index (κ2) is 17.5. The largest absolute Gasteiger partial charge is 0.497 e. The van der Waals surface area contributed by atoms with Crippen molar-refractivity contribution in [3.05, 3.63) is 155 Å². The monoisotopic (exact) mass is 744 g/mol. The molecule has 1 heterocycles. The summed E-state index contributed by atoms with van der Waals surface area (Å²) in [5.41, 5.74) is 6.38. The number of aliphatic hydroxyl groups excluding tert-OH is 2. The molecule has 10 heteroatoms. The third-order valence-electron chi connectivity index (χ3n) is 10.6. The Bertz CT molecular complexity index is 1910. The molecule has 0 bridgehead atoms. The maximum Gasteiger partial charge on any atom is 0.410 e. The molecule has 55 heavy (non-hydrogen) atoms. The van der Waals surface area contributed by atoms with Crippen molar-refractivity contribution in [3.63, 3.8) is 0 Å². The number of carbonyl (C=O) groups excluding carboxylic acids is 1. The molecule has 1 saturated heterocycles. The minimum atomic E-state index is -1.09. The molecule has 3 N–H and O–H groups in total. The molecule has 0 radical (unpaired) electrons. The van der Waals surface area contributed by atoms with Gasteiger partial charge in [0.05, 0.1) is 52.7 Å². The summed E-state index contributed by atoms with van der Waals surface area (Å²) >= 11 is 0. The van der Waals surface area contributed by atoms with Gasteiger partial charge < -0.3 is 33.9 Å². The number of carbonyl (C=O) groups is 1. The Labute approximate surface area is 322 Å². The highest BCUT2D eigenvalue weighted by Crippen LogP contribution is 2.45. The van der Waals surface area contributed by atoms with E-state index in [4.69, 9.17) is 23.7 Å². The lowest BCUT2D eigenvalue weighted by Gasteiger charge is -2.36. The summed E-state index contributed by atoms with van der Waals surface area (Å²) in [5.74, 6) is 1.40. The van der Waals surface area contributed by atoms with Crippen LogP contribution in [0.4, 0.5) is 4.79 Å². The first kappa shape index (κ1) is 38.1. The number of ether oxygens (including phenoxy) is 5. The van der Waals surface area contributed by atoms with Crippen molar-refractivity contribution in [3.8, 4) is 22.6 Å². The van der Waals surface area contributed by atoms with E-state index in [9.17, 15) is 15.0 Å². The Morgan fingerprint density at radius 3 is 1.87 bits per heavy atom. The Balaban J connectivity index is 0.941. The lowest BCUT2D eigenvalue weighted by Crippen LogP contribution is -2.50. The lowest BCUT2D eigenvalue weighted by atomic mass is 9.80. The van der Waals surface area contributed by atoms with Gasteiger partial charge in [0.25, 0.3) is 0 Å². The number of aliphatic hydroxyl groups is 2. The summed E-state index contributed by atoms with van der Waals surface area (Å²) in [4.78, 5) is 14.8. The van der Waals surface area contributed by atoms with Gasteiger partial charge in [0.15, 0.2) is 0 Å². The molecule has 0 spiro atoms. The predicted octanol–water partition coefficient (Wildman–Crippen LogP) is 6.32. The minimum absolute atomic E-state index is 0.0828. The van der Waals surface area contributed by atoms with Crippen LogP contribution in [0.5, 0.6) is 11.5 Å². The fourth-order valence-electron chi connectivity index (χ4n) is 7.87. The van der Waals surface area contributed by atoms with Crippen LogP contribution in [0.2, 0.25) is 0 Å². The van der Waals surface area contributed by atoms with Crippen LogP contribution in [-0.4, -0.2) is 93.3 Å². The number of hydrogen-bond acceptors (Lipinski definition) is 9. The maximum atomic E-state index is 13.4. The van der Waals surface area contributed by atoms with Gasteiger partial charge in [0, 0.05) is 12.5 Å². The van der Waals surface area contributed by atoms with Crippen molar-refractivity contribution in [1.82, 2.24) is 10.2 Å². The quantitative estimate of drug-likeness (QED) is 0.0606. The topological polar surface area (TPSA) is 119 Å². The number of nitrogens with one attached hydrogen (secondary N) is 1. The van der Waals surface area contributed by atoms with Gasteiger partial charge in [-0.15, -0.1) is 0 Å². The SMILES string of the molecule is COc1ccc(C(OCCOCCN[C@H](O)[C@@H]2C[C@@H](O)CN2C(=O)OCC2c3ccccc3-c3ccccc32)(c2ccccc2)c2ccc(OC)cc2)cc1. The summed E-state index contributed by atoms with van der Waals surface area (Å²) in [7, 11) is 3.28. The summed E-state index contributed by atoms with van der Waals surface area (Å²) in [6, 6.07) is 41.4. The molecule has 10 nitrogen and oxygen atoms in total. The molecule has 3 atom stereocenters. The second-order valence-corrected chi connectivity index (χ2v) is 13.8. The highest BCUT2D eigenvalue weighted by atomic mass is 16.6. The van der Waals surface area contributed by atoms with Crippen molar-refractivity contribution in [2.45, 2.75) is 36.3 Å². The van der Waals surface area contributed by atoms with E-state index in [0.29, 0.717) is 6.54 Å². The number of nitrogens with zero attached hydrogens (tertiary/aromatic N) is 1. The zero-order valence-electron chi connectivity index (χ0n) is 31.2. The van der Waals surface area contributed by atoms with E-state index in [0.717, 1.165) is 50.4 Å². The van der Waals surface area contributed by atoms with Crippen molar-refractivity contribution in [2.75, 3.05) is 53.7 Å². The number of benzene rings is 5. The first-order valence-electron chi connectivity index (χ1n) is 18.7. The van der Waals surface area contributed by atoms with Gasteiger partial charge >= 0.3 is 6.09 Å². The van der Waals surface area contributed by atoms with Gasteiger partial charge in [-0.3, -0.25) is 10.2 Å². The molecular formula is C45H48N2O8. The van der Waals surface area contributed by atoms with Crippen LogP contribution >= 0.6 is 0 Å². The van der Waals surface area contributed by atoms with Crippen molar-refractivity contribution in [1.29, 1.82) is 0 Å². The Morgan fingerprint density at radius 2 is 1.29 bits per heavy atom. The molecule has 0 saturated carbocycles. The van der Waals surface area contributed by atoms with E-state index in [2.05, 4.69) is 29.6 Å². The third kappa shape index (κ3) is 8.10. The van der Waals surface area contributed by atoms with E-state index in [1.807, 2.05) is 103 Å². The van der Waals surface area contributed by atoms with Crippen LogP contribution in [0.3, 0.4) is 0 Å². The van der Waals surface area contributed by atoms with E-state index < -0.39 is 30.1 Å². The molecule has 2 aliphatic rings. The predicted molar refractivity (Wildman–Crippen MR) is 209 cm³/mol. The second-order valence-electron chi connectivity index (χ2n) is 13.8. The zero-order valence-corrected chi connectivity index (χ0v) is 31.2. The molecule has 1 amide bonds. The molecule has 1 aliphatic carbocycles. The van der Waals surface area contributed by atoms with Crippen molar-refractivity contribution in [2.24, 2.45) is 0 Å². The Morgan fingerprint density at radius 1 is 0.745 bits per heavy atom. The average Bonchev–Trinajstić information content (AvgIpc) is 3.79. The van der Waals surface area contributed by atoms with Crippen LogP contribution in [0.1, 0.15) is 40.2 Å². The summed E-state index contributed by atoms with van der Waals surface area (Å²) in [5, 5.41) is 24.7. The molecule has 286 valence electrons. The number of fused-ring (bicyclic) bond motifs is 3. The van der Waals surface area contributed by atoms with E-state index in [-0.39, 0.29) is 45.3 Å². The van der Waals surface area contributed by atoms with Gasteiger partial charge in [0.2, 0.25) is 0 Å². The number of methoxy groups -OCH3 is 2. The van der Waals surface area contributed by atoms with Gasteiger partial charge in [-0.1, -0.05) is 103 Å². The number of likely N-dealkylation sites (tertiary alicyclic amines) is 1. The van der Waals surface area contributed by atoms with E-state index >= 15 is 0 Å². The van der Waals surface area contributed by atoms with Crippen LogP contribution in [0.15, 0.2) is 127 Å². The normalized spacial score (nSPS) is 17.1. The number of hydrogen-bond donors (Lipinski definition) is 3. The van der Waals surface area contributed by atoms with Gasteiger partial charge in [-0.2, -0.15) is 0 Å². The zero-order chi connectivity index (χ0) is 38.2. The molecule has 5 aromatic carbocycles. The smallest absolute Gasteiger partial charge is 0.410 e. The standard InChI is InChI=1S/C45H48N2O8/c1-51-35-20-16-32(17-21-35)45(31-10-4-3-5-11-31,33-18-22-36(52-2)23-19-33)55-27-26-53-25-24-46-43(49)42-28-34(48)29-47(42)44(50)54-30-41-39-14-8-6-12-37(39)38-13-7-9-15-40(38)41/h3-23,34,41-43,46,48-49H,24-30H2,1-2H3/t34-,42+,43-/m1/s1. The molecule has 7 rings (SSSR count). The molecular weight excluding hydrogens is 697 g/mol. The number of β-amino-alcohol motifs (C(OH)–C–C–N with tert-alkyl or cyclic N) is 1. The lowest BCUT2D eigenvalue weighted by molar-refractivity contribution is -0.0257. The highest BCUT2D eigenvalue weighted by molar-refractivity contribution is 5.79. The Kier molecular flexibility index (Phi) is 12.1. The van der Waals surface area contributed by atoms with Crippen LogP contribution in [-0.2, 0) is 19.8 Å². The van der Waals surface area contributed by atoms with Gasteiger partial charge in [0.1, 0.15) is 29.9 Å². The maximum absolute atomic E-state index is 13.4. The van der Waals surface area contributed by atoms with E-state index in [1.165, 1.54) is 4.90 Å². The minimum Gasteiger partial charge on any atom is -0.497 e. The Hall–Kier alpha value is -5.23. The van der Waals surface area contributed by atoms with Crippen LogP contribution in [0, 0.1) is 0 Å². The molecule has 0 aromatic heterocycles. The molecule has 1 fully saturated rings. The highest BCUT2D eigenvalue weighted by Gasteiger charge is 2.41. The molecule has 0 unspecified atom stereocenters. The first-order valence-corrected chi connectivity index (χ1v) is 18.7. The van der Waals surface area contributed by atoms with Crippen molar-refractivity contribution < 1.29 is 38.7 Å². The summed E-state index contributed by atoms with van der Waals surface area (Å²) in [6.07, 6.45) is -2.19. The summed E-state index contributed by atoms with van der Waals surface area (Å²) in [6.45, 7) is 1.39. The van der Waals surface area contributed by atoms with Crippen molar-refractivity contribution >= 4 is 6.09 Å². The third-order valence-corrected chi connectivity index (χ3v) is 10.6. The number of amides is 1. The van der Waals surface area contributed by atoms with Gasteiger partial charge in [-0.05, 0) is 69.6 Å². The first-order chi connectivity index (χ1) is 26.9. The average molecular weight is 745 g/mol. The van der Waals surface area contributed by atoms with Gasteiger partial charge in [-0.25, -0.2) is 4.79 Å². The van der Waals surface area contributed by atoms with Crippen LogP contribution in [0.25, 0.3) is 11.1 Å².